The number of hydrogen-bond donors (Lipinski definition) is 1. The van der Waals surface area contributed by atoms with E-state index >= 15 is 0 Å². The first-order valence-electron chi connectivity index (χ1n) is 7.98. The maximum atomic E-state index is 13.0. The molecule has 0 radical (unpaired) electrons. The highest BCUT2D eigenvalue weighted by atomic mass is 32.2. The van der Waals surface area contributed by atoms with Crippen LogP contribution in [0.4, 0.5) is 0 Å². The number of thioether (sulfide) groups is 1. The number of ketones is 1. The predicted octanol–water partition coefficient (Wildman–Crippen LogP) is 4.81. The maximum Gasteiger partial charge on any atom is 0.176 e. The van der Waals surface area contributed by atoms with Gasteiger partial charge in [0.05, 0.1) is 5.92 Å². The number of fused-ring (bicyclic) bond motifs is 1. The molecule has 1 N–H and O–H groups in total. The van der Waals surface area contributed by atoms with Gasteiger partial charge in [-0.25, -0.2) is 0 Å². The van der Waals surface area contributed by atoms with Crippen molar-refractivity contribution < 1.29 is 9.90 Å². The van der Waals surface area contributed by atoms with Crippen LogP contribution in [0.3, 0.4) is 0 Å². The minimum absolute atomic E-state index is 0.180. The van der Waals surface area contributed by atoms with Crippen molar-refractivity contribution >= 4 is 17.5 Å². The lowest BCUT2D eigenvalue weighted by Gasteiger charge is -2.26. The van der Waals surface area contributed by atoms with Gasteiger partial charge >= 0.3 is 0 Å². The third-order valence-electron chi connectivity index (χ3n) is 4.02. The molecule has 3 heteroatoms. The fourth-order valence-electron chi connectivity index (χ4n) is 2.85. The van der Waals surface area contributed by atoms with E-state index in [0.29, 0.717) is 0 Å². The Morgan fingerprint density at radius 3 is 2.52 bits per heavy atom. The van der Waals surface area contributed by atoms with Crippen LogP contribution in [0, 0.1) is 0 Å². The molecular formula is C20H20O2S. The number of rotatable bonds is 5. The number of hydrogen-bond acceptors (Lipinski definition) is 3. The van der Waals surface area contributed by atoms with Crippen molar-refractivity contribution in [2.45, 2.75) is 30.1 Å². The summed E-state index contributed by atoms with van der Waals surface area (Å²) in [5.74, 6) is -0.0239. The summed E-state index contributed by atoms with van der Waals surface area (Å²) in [6.07, 6.45) is 4.81. The fourth-order valence-corrected chi connectivity index (χ4v) is 4.09. The molecule has 1 atom stereocenters. The Bertz CT molecular complexity index is 707. The van der Waals surface area contributed by atoms with E-state index in [-0.39, 0.29) is 18.3 Å². The third-order valence-corrected chi connectivity index (χ3v) is 5.23. The normalized spacial score (nSPS) is 18.9. The molecule has 0 aromatic heterocycles. The Hall–Kier alpha value is -1.84. The van der Waals surface area contributed by atoms with Gasteiger partial charge in [0.2, 0.25) is 0 Å². The van der Waals surface area contributed by atoms with Crippen LogP contribution in [0.15, 0.2) is 70.5 Å². The molecule has 0 bridgehead atoms. The van der Waals surface area contributed by atoms with E-state index in [1.54, 1.807) is 11.8 Å². The van der Waals surface area contributed by atoms with Crippen LogP contribution in [0.1, 0.15) is 41.1 Å². The maximum absolute atomic E-state index is 13.0. The minimum Gasteiger partial charge on any atom is -0.396 e. The van der Waals surface area contributed by atoms with Crippen LogP contribution in [0.25, 0.3) is 0 Å². The average Bonchev–Trinajstić information content (AvgIpc) is 2.60. The summed E-state index contributed by atoms with van der Waals surface area (Å²) in [5, 5.41) is 8.93. The van der Waals surface area contributed by atoms with E-state index < -0.39 is 0 Å². The van der Waals surface area contributed by atoms with Gasteiger partial charge in [-0.05, 0) is 30.9 Å². The molecule has 1 aliphatic rings. The zero-order valence-corrected chi connectivity index (χ0v) is 13.8. The van der Waals surface area contributed by atoms with Gasteiger partial charge in [0, 0.05) is 22.0 Å². The van der Waals surface area contributed by atoms with E-state index in [0.717, 1.165) is 40.2 Å². The van der Waals surface area contributed by atoms with Crippen molar-refractivity contribution in [3.05, 3.63) is 76.7 Å². The van der Waals surface area contributed by atoms with E-state index in [9.17, 15) is 4.79 Å². The fraction of sp³-hybridized carbons (Fsp3) is 0.250. The quantitative estimate of drug-likeness (QED) is 0.802. The van der Waals surface area contributed by atoms with E-state index in [1.165, 1.54) is 0 Å². The number of unbranched alkanes of at least 4 members (excludes halogenated alkanes) is 2. The second-order valence-electron chi connectivity index (χ2n) is 5.63. The number of carbonyl (C=O) groups is 1. The van der Waals surface area contributed by atoms with Crippen molar-refractivity contribution in [3.63, 3.8) is 0 Å². The molecule has 1 unspecified atom stereocenters. The van der Waals surface area contributed by atoms with Crippen LogP contribution in [-0.4, -0.2) is 17.5 Å². The summed E-state index contributed by atoms with van der Waals surface area (Å²) in [5.41, 5.74) is 1.87. The number of benzene rings is 2. The van der Waals surface area contributed by atoms with E-state index in [2.05, 4.69) is 6.08 Å². The number of aliphatic hydroxyl groups is 1. The standard InChI is InChI=1S/C20H20O2S/c21-14-8-2-5-13-18-19(15-9-3-1-4-10-15)20(22)16-11-6-7-12-17(16)23-18/h1,3-4,6-7,9-13,19,21H,2,5,8,14H2/b18-13-. The zero-order valence-electron chi connectivity index (χ0n) is 12.9. The molecule has 0 saturated heterocycles. The van der Waals surface area contributed by atoms with Gasteiger partial charge in [0.1, 0.15) is 0 Å². The molecule has 3 rings (SSSR count). The summed E-state index contributed by atoms with van der Waals surface area (Å²) in [6, 6.07) is 17.8. The highest BCUT2D eigenvalue weighted by Gasteiger charge is 2.32. The molecule has 2 nitrogen and oxygen atoms in total. The van der Waals surface area contributed by atoms with Crippen molar-refractivity contribution in [1.29, 1.82) is 0 Å². The Morgan fingerprint density at radius 1 is 1.00 bits per heavy atom. The summed E-state index contributed by atoms with van der Waals surface area (Å²) >= 11 is 1.70. The zero-order chi connectivity index (χ0) is 16.1. The van der Waals surface area contributed by atoms with Crippen LogP contribution in [-0.2, 0) is 0 Å². The minimum atomic E-state index is -0.203. The molecule has 0 amide bonds. The SMILES string of the molecule is O=C1c2ccccc2S/C(=C\CCCCO)C1c1ccccc1. The van der Waals surface area contributed by atoms with E-state index in [4.69, 9.17) is 5.11 Å². The molecule has 0 saturated carbocycles. The second kappa shape index (κ2) is 7.62. The third kappa shape index (κ3) is 3.57. The van der Waals surface area contributed by atoms with Gasteiger partial charge in [-0.15, -0.1) is 0 Å². The molecule has 0 fully saturated rings. The van der Waals surface area contributed by atoms with Gasteiger partial charge in [0.25, 0.3) is 0 Å². The Morgan fingerprint density at radius 2 is 1.74 bits per heavy atom. The van der Waals surface area contributed by atoms with Crippen molar-refractivity contribution in [3.8, 4) is 0 Å². The Kier molecular flexibility index (Phi) is 5.31. The summed E-state index contributed by atoms with van der Waals surface area (Å²) in [4.78, 5) is 15.2. The lowest BCUT2D eigenvalue weighted by molar-refractivity contribution is 0.0970. The number of Topliss-reactive ketones (excluding diaryl/α,β-unsaturated/α-hetero) is 1. The molecule has 1 heterocycles. The molecule has 2 aromatic carbocycles. The van der Waals surface area contributed by atoms with Crippen molar-refractivity contribution in [2.24, 2.45) is 0 Å². The highest BCUT2D eigenvalue weighted by molar-refractivity contribution is 8.03. The first-order chi connectivity index (χ1) is 11.3. The average molecular weight is 324 g/mol. The predicted molar refractivity (Wildman–Crippen MR) is 94.8 cm³/mol. The van der Waals surface area contributed by atoms with Crippen molar-refractivity contribution in [1.82, 2.24) is 0 Å². The van der Waals surface area contributed by atoms with Gasteiger partial charge in [-0.2, -0.15) is 0 Å². The summed E-state index contributed by atoms with van der Waals surface area (Å²) in [6.45, 7) is 0.222. The van der Waals surface area contributed by atoms with Crippen LogP contribution in [0.2, 0.25) is 0 Å². The van der Waals surface area contributed by atoms with Gasteiger partial charge in [-0.1, -0.05) is 66.4 Å². The number of allylic oxidation sites excluding steroid dienone is 2. The van der Waals surface area contributed by atoms with E-state index in [1.807, 2.05) is 54.6 Å². The topological polar surface area (TPSA) is 37.3 Å². The van der Waals surface area contributed by atoms with Crippen LogP contribution in [0.5, 0.6) is 0 Å². The van der Waals surface area contributed by atoms with Crippen LogP contribution >= 0.6 is 11.8 Å². The molecular weight excluding hydrogens is 304 g/mol. The molecule has 0 aliphatic carbocycles. The molecule has 1 aliphatic heterocycles. The lowest BCUT2D eigenvalue weighted by Crippen LogP contribution is -2.19. The van der Waals surface area contributed by atoms with Gasteiger partial charge in [-0.3, -0.25) is 4.79 Å². The molecule has 118 valence electrons. The first kappa shape index (κ1) is 16.0. The molecule has 23 heavy (non-hydrogen) atoms. The highest BCUT2D eigenvalue weighted by Crippen LogP contribution is 2.46. The Balaban J connectivity index is 1.96. The van der Waals surface area contributed by atoms with Gasteiger partial charge < -0.3 is 5.11 Å². The molecule has 0 spiro atoms. The monoisotopic (exact) mass is 324 g/mol. The lowest BCUT2D eigenvalue weighted by atomic mass is 9.89. The second-order valence-corrected chi connectivity index (χ2v) is 6.75. The van der Waals surface area contributed by atoms with Crippen molar-refractivity contribution in [2.75, 3.05) is 6.61 Å². The number of aliphatic hydroxyl groups excluding tert-OH is 1. The van der Waals surface area contributed by atoms with Crippen LogP contribution < -0.4 is 0 Å². The first-order valence-corrected chi connectivity index (χ1v) is 8.80. The summed E-state index contributed by atoms with van der Waals surface area (Å²) < 4.78 is 0. The number of carbonyl (C=O) groups excluding carboxylic acids is 1. The largest absolute Gasteiger partial charge is 0.396 e. The molecule has 2 aromatic rings. The Labute approximate surface area is 141 Å². The van der Waals surface area contributed by atoms with Gasteiger partial charge in [0.15, 0.2) is 5.78 Å². The summed E-state index contributed by atoms with van der Waals surface area (Å²) in [7, 11) is 0. The smallest absolute Gasteiger partial charge is 0.176 e.